The van der Waals surface area contributed by atoms with E-state index in [9.17, 15) is 9.59 Å². The summed E-state index contributed by atoms with van der Waals surface area (Å²) in [6.45, 7) is 6.20. The molecule has 0 fully saturated rings. The Hall–Kier alpha value is -1.50. The molecule has 0 aromatic carbocycles. The zero-order valence-corrected chi connectivity index (χ0v) is 11.6. The molecule has 0 N–H and O–H groups in total. The molecule has 100 valence electrons. The molecule has 0 aliphatic carbocycles. The molecule has 7 heteroatoms. The SMILES string of the molecule is CCCN(CC(=O)OCC)C(=O)c1snnc1C. The minimum absolute atomic E-state index is 0.0299. The van der Waals surface area contributed by atoms with Crippen molar-refractivity contribution in [2.24, 2.45) is 0 Å². The van der Waals surface area contributed by atoms with Crippen molar-refractivity contribution in [3.8, 4) is 0 Å². The molecular formula is C11H17N3O3S. The zero-order chi connectivity index (χ0) is 13.5. The number of esters is 1. The van der Waals surface area contributed by atoms with Gasteiger partial charge in [-0.1, -0.05) is 11.4 Å². The third kappa shape index (κ3) is 3.76. The fourth-order valence-corrected chi connectivity index (χ4v) is 2.08. The fourth-order valence-electron chi connectivity index (χ4n) is 1.46. The van der Waals surface area contributed by atoms with Gasteiger partial charge in [0, 0.05) is 6.54 Å². The molecule has 0 saturated heterocycles. The Balaban J connectivity index is 2.75. The van der Waals surface area contributed by atoms with Crippen LogP contribution in [0.2, 0.25) is 0 Å². The maximum absolute atomic E-state index is 12.2. The molecule has 0 aliphatic rings. The number of rotatable bonds is 6. The third-order valence-corrected chi connectivity index (χ3v) is 3.07. The molecule has 0 radical (unpaired) electrons. The van der Waals surface area contributed by atoms with Crippen LogP contribution in [0.4, 0.5) is 0 Å². The van der Waals surface area contributed by atoms with Gasteiger partial charge in [0.2, 0.25) is 0 Å². The van der Waals surface area contributed by atoms with E-state index in [2.05, 4.69) is 9.59 Å². The Bertz CT molecular complexity index is 419. The van der Waals surface area contributed by atoms with Gasteiger partial charge in [0.15, 0.2) is 0 Å². The first-order valence-corrected chi connectivity index (χ1v) is 6.61. The number of aromatic nitrogens is 2. The molecular weight excluding hydrogens is 254 g/mol. The van der Waals surface area contributed by atoms with Crippen molar-refractivity contribution in [2.75, 3.05) is 19.7 Å². The number of hydrogen-bond acceptors (Lipinski definition) is 6. The molecule has 18 heavy (non-hydrogen) atoms. The van der Waals surface area contributed by atoms with Crippen molar-refractivity contribution in [3.05, 3.63) is 10.6 Å². The van der Waals surface area contributed by atoms with Gasteiger partial charge in [0.1, 0.15) is 11.4 Å². The monoisotopic (exact) mass is 271 g/mol. The van der Waals surface area contributed by atoms with Crippen LogP contribution in [0.25, 0.3) is 0 Å². The molecule has 1 aromatic heterocycles. The largest absolute Gasteiger partial charge is 0.465 e. The maximum Gasteiger partial charge on any atom is 0.325 e. The van der Waals surface area contributed by atoms with Gasteiger partial charge in [-0.25, -0.2) is 0 Å². The van der Waals surface area contributed by atoms with E-state index in [-0.39, 0.29) is 12.5 Å². The molecule has 0 atom stereocenters. The second kappa shape index (κ2) is 7.05. The van der Waals surface area contributed by atoms with Crippen molar-refractivity contribution in [1.82, 2.24) is 14.5 Å². The number of nitrogens with zero attached hydrogens (tertiary/aromatic N) is 3. The smallest absolute Gasteiger partial charge is 0.325 e. The van der Waals surface area contributed by atoms with E-state index in [1.165, 1.54) is 4.90 Å². The van der Waals surface area contributed by atoms with Gasteiger partial charge in [0.05, 0.1) is 12.3 Å². The van der Waals surface area contributed by atoms with Crippen LogP contribution < -0.4 is 0 Å². The summed E-state index contributed by atoms with van der Waals surface area (Å²) in [7, 11) is 0. The molecule has 0 bridgehead atoms. The Morgan fingerprint density at radius 2 is 2.11 bits per heavy atom. The third-order valence-electron chi connectivity index (χ3n) is 2.25. The van der Waals surface area contributed by atoms with Gasteiger partial charge in [-0.2, -0.15) is 0 Å². The summed E-state index contributed by atoms with van der Waals surface area (Å²) in [4.78, 5) is 25.6. The number of carbonyl (C=O) groups is 2. The van der Waals surface area contributed by atoms with E-state index in [4.69, 9.17) is 4.74 Å². The summed E-state index contributed by atoms with van der Waals surface area (Å²) in [5.74, 6) is -0.605. The minimum Gasteiger partial charge on any atom is -0.465 e. The van der Waals surface area contributed by atoms with Crippen molar-refractivity contribution in [1.29, 1.82) is 0 Å². The maximum atomic E-state index is 12.2. The van der Waals surface area contributed by atoms with Crippen LogP contribution in [-0.2, 0) is 9.53 Å². The van der Waals surface area contributed by atoms with E-state index in [1.54, 1.807) is 13.8 Å². The quantitative estimate of drug-likeness (QED) is 0.728. The lowest BCUT2D eigenvalue weighted by Gasteiger charge is -2.20. The van der Waals surface area contributed by atoms with Crippen LogP contribution in [0, 0.1) is 6.92 Å². The highest BCUT2D eigenvalue weighted by Gasteiger charge is 2.22. The van der Waals surface area contributed by atoms with E-state index in [1.807, 2.05) is 6.92 Å². The standard InChI is InChI=1S/C11H17N3O3S/c1-4-6-14(7-9(15)17-5-2)11(16)10-8(3)12-13-18-10/h4-7H2,1-3H3. The average Bonchev–Trinajstić information content (AvgIpc) is 2.74. The Kier molecular flexibility index (Phi) is 5.70. The number of carbonyl (C=O) groups excluding carboxylic acids is 2. The normalized spacial score (nSPS) is 10.2. The Morgan fingerprint density at radius 1 is 1.39 bits per heavy atom. The number of aryl methyl sites for hydroxylation is 1. The molecule has 1 aromatic rings. The first-order chi connectivity index (χ1) is 8.60. The molecule has 0 saturated carbocycles. The van der Waals surface area contributed by atoms with Crippen molar-refractivity contribution >= 4 is 23.4 Å². The molecule has 1 rings (SSSR count). The second-order valence-corrected chi connectivity index (χ2v) is 4.47. The van der Waals surface area contributed by atoms with Crippen LogP contribution in [0.1, 0.15) is 35.6 Å². The number of hydrogen-bond donors (Lipinski definition) is 0. The molecule has 0 unspecified atom stereocenters. The van der Waals surface area contributed by atoms with Crippen LogP contribution in [-0.4, -0.2) is 46.1 Å². The second-order valence-electron chi connectivity index (χ2n) is 3.72. The lowest BCUT2D eigenvalue weighted by molar-refractivity contribution is -0.143. The topological polar surface area (TPSA) is 72.4 Å². The minimum atomic E-state index is -0.394. The van der Waals surface area contributed by atoms with Crippen LogP contribution in [0.5, 0.6) is 0 Å². The van der Waals surface area contributed by atoms with Crippen molar-refractivity contribution < 1.29 is 14.3 Å². The lowest BCUT2D eigenvalue weighted by Crippen LogP contribution is -2.37. The molecule has 6 nitrogen and oxygen atoms in total. The summed E-state index contributed by atoms with van der Waals surface area (Å²) in [5.41, 5.74) is 0.593. The number of ether oxygens (including phenoxy) is 1. The summed E-state index contributed by atoms with van der Waals surface area (Å²) in [6, 6.07) is 0. The number of amides is 1. The lowest BCUT2D eigenvalue weighted by atomic mass is 10.3. The van der Waals surface area contributed by atoms with Gasteiger partial charge in [0.25, 0.3) is 5.91 Å². The summed E-state index contributed by atoms with van der Waals surface area (Å²) in [5, 5.41) is 3.80. The highest BCUT2D eigenvalue weighted by molar-refractivity contribution is 7.07. The summed E-state index contributed by atoms with van der Waals surface area (Å²) < 4.78 is 8.58. The van der Waals surface area contributed by atoms with E-state index < -0.39 is 5.97 Å². The summed E-state index contributed by atoms with van der Waals surface area (Å²) >= 11 is 1.05. The van der Waals surface area contributed by atoms with E-state index in [0.29, 0.717) is 23.7 Å². The van der Waals surface area contributed by atoms with Crippen LogP contribution in [0.15, 0.2) is 0 Å². The van der Waals surface area contributed by atoms with Gasteiger partial charge >= 0.3 is 5.97 Å². The zero-order valence-electron chi connectivity index (χ0n) is 10.8. The summed E-state index contributed by atoms with van der Waals surface area (Å²) in [6.07, 6.45) is 0.774. The highest BCUT2D eigenvalue weighted by Crippen LogP contribution is 2.13. The molecule has 1 heterocycles. The first kappa shape index (κ1) is 14.6. The predicted octanol–water partition coefficient (Wildman–Crippen LogP) is 1.26. The van der Waals surface area contributed by atoms with Gasteiger partial charge in [-0.05, 0) is 31.8 Å². The van der Waals surface area contributed by atoms with Gasteiger partial charge in [-0.3, -0.25) is 9.59 Å². The highest BCUT2D eigenvalue weighted by atomic mass is 32.1. The molecule has 0 spiro atoms. The van der Waals surface area contributed by atoms with Gasteiger partial charge in [-0.15, -0.1) is 5.10 Å². The van der Waals surface area contributed by atoms with E-state index in [0.717, 1.165) is 18.0 Å². The molecule has 0 aliphatic heterocycles. The van der Waals surface area contributed by atoms with Gasteiger partial charge < -0.3 is 9.64 Å². The Morgan fingerprint density at radius 3 is 2.61 bits per heavy atom. The Labute approximate surface area is 110 Å². The molecule has 1 amide bonds. The first-order valence-electron chi connectivity index (χ1n) is 5.84. The van der Waals surface area contributed by atoms with Crippen molar-refractivity contribution in [3.63, 3.8) is 0 Å². The van der Waals surface area contributed by atoms with E-state index >= 15 is 0 Å². The van der Waals surface area contributed by atoms with Crippen molar-refractivity contribution in [2.45, 2.75) is 27.2 Å². The van der Waals surface area contributed by atoms with Crippen LogP contribution >= 0.6 is 11.5 Å². The predicted molar refractivity (Wildman–Crippen MR) is 67.5 cm³/mol. The average molecular weight is 271 g/mol. The van der Waals surface area contributed by atoms with Crippen LogP contribution in [0.3, 0.4) is 0 Å². The fraction of sp³-hybridized carbons (Fsp3) is 0.636.